The number of H-pyrrole nitrogens is 1. The fourth-order valence-corrected chi connectivity index (χ4v) is 2.60. The molecule has 0 atom stereocenters. The average Bonchev–Trinajstić information content (AvgIpc) is 2.98. The number of benzene rings is 2. The van der Waals surface area contributed by atoms with E-state index < -0.39 is 0 Å². The minimum atomic E-state index is 0.641. The molecule has 0 saturated carbocycles. The van der Waals surface area contributed by atoms with Crippen LogP contribution in [0.15, 0.2) is 60.8 Å². The van der Waals surface area contributed by atoms with E-state index in [-0.39, 0.29) is 0 Å². The quantitative estimate of drug-likeness (QED) is 0.718. The Morgan fingerprint density at radius 2 is 1.67 bits per heavy atom. The van der Waals surface area contributed by atoms with Crippen LogP contribution in [0.4, 0.5) is 0 Å². The molecule has 106 valence electrons. The predicted octanol–water partition coefficient (Wildman–Crippen LogP) is 4.94. The third-order valence-electron chi connectivity index (χ3n) is 3.56. The molecule has 0 aliphatic rings. The summed E-state index contributed by atoms with van der Waals surface area (Å²) >= 11 is 0. The Balaban J connectivity index is 1.97. The highest BCUT2D eigenvalue weighted by molar-refractivity contribution is 5.67. The van der Waals surface area contributed by atoms with Crippen molar-refractivity contribution in [1.82, 2.24) is 9.97 Å². The lowest BCUT2D eigenvalue weighted by Gasteiger charge is -2.10. The molecule has 0 radical (unpaired) electrons. The van der Waals surface area contributed by atoms with Gasteiger partial charge in [0.1, 0.15) is 5.82 Å². The van der Waals surface area contributed by atoms with Crippen molar-refractivity contribution in [3.05, 3.63) is 66.4 Å². The Kier molecular flexibility index (Phi) is 3.87. The van der Waals surface area contributed by atoms with Gasteiger partial charge in [0.15, 0.2) is 0 Å². The summed E-state index contributed by atoms with van der Waals surface area (Å²) in [6.07, 6.45) is 3.01. The van der Waals surface area contributed by atoms with Crippen molar-refractivity contribution in [1.29, 1.82) is 0 Å². The van der Waals surface area contributed by atoms with Gasteiger partial charge in [0.25, 0.3) is 0 Å². The van der Waals surface area contributed by atoms with Gasteiger partial charge in [0, 0.05) is 11.1 Å². The lowest BCUT2D eigenvalue weighted by molar-refractivity contribution is 0.648. The minimum absolute atomic E-state index is 0.641. The molecule has 1 aromatic heterocycles. The van der Waals surface area contributed by atoms with E-state index in [9.17, 15) is 0 Å². The molecule has 2 nitrogen and oxygen atoms in total. The molecule has 0 unspecified atom stereocenters. The third-order valence-corrected chi connectivity index (χ3v) is 3.56. The van der Waals surface area contributed by atoms with Crippen molar-refractivity contribution in [2.45, 2.75) is 20.3 Å². The second-order valence-electron chi connectivity index (χ2n) is 5.77. The Hall–Kier alpha value is -2.35. The second-order valence-corrected chi connectivity index (χ2v) is 5.77. The predicted molar refractivity (Wildman–Crippen MR) is 88.0 cm³/mol. The zero-order valence-corrected chi connectivity index (χ0v) is 12.5. The first-order chi connectivity index (χ1) is 10.2. The van der Waals surface area contributed by atoms with Gasteiger partial charge in [-0.15, -0.1) is 0 Å². The van der Waals surface area contributed by atoms with Crippen LogP contribution in [0.25, 0.3) is 22.6 Å². The lowest BCUT2D eigenvalue weighted by atomic mass is 9.97. The van der Waals surface area contributed by atoms with Gasteiger partial charge in [-0.2, -0.15) is 0 Å². The van der Waals surface area contributed by atoms with Crippen LogP contribution < -0.4 is 0 Å². The Morgan fingerprint density at radius 3 is 2.43 bits per heavy atom. The van der Waals surface area contributed by atoms with Crippen LogP contribution in [-0.2, 0) is 6.42 Å². The van der Waals surface area contributed by atoms with Crippen LogP contribution in [0.3, 0.4) is 0 Å². The van der Waals surface area contributed by atoms with Crippen LogP contribution in [0, 0.1) is 5.92 Å². The molecule has 1 heterocycles. The van der Waals surface area contributed by atoms with Gasteiger partial charge in [0.2, 0.25) is 0 Å². The topological polar surface area (TPSA) is 28.7 Å². The number of hydrogen-bond donors (Lipinski definition) is 1. The summed E-state index contributed by atoms with van der Waals surface area (Å²) in [7, 11) is 0. The summed E-state index contributed by atoms with van der Waals surface area (Å²) in [4.78, 5) is 7.98. The third kappa shape index (κ3) is 3.05. The first-order valence-electron chi connectivity index (χ1n) is 7.43. The standard InChI is InChI=1S/C19H20N2/c1-14(2)12-16-10-6-7-11-17(16)18-13-20-19(21-18)15-8-4-3-5-9-15/h3-11,13-14H,12H2,1-2H3,(H,20,21). The van der Waals surface area contributed by atoms with E-state index in [1.54, 1.807) is 0 Å². The first kappa shape index (κ1) is 13.6. The van der Waals surface area contributed by atoms with E-state index in [0.717, 1.165) is 23.5 Å². The van der Waals surface area contributed by atoms with E-state index in [1.807, 2.05) is 24.4 Å². The van der Waals surface area contributed by atoms with Crippen molar-refractivity contribution in [2.24, 2.45) is 5.92 Å². The number of rotatable bonds is 4. The van der Waals surface area contributed by atoms with Crippen molar-refractivity contribution in [3.8, 4) is 22.6 Å². The minimum Gasteiger partial charge on any atom is -0.338 e. The molecule has 2 aromatic carbocycles. The molecule has 3 aromatic rings. The summed E-state index contributed by atoms with van der Waals surface area (Å²) in [5.74, 6) is 1.56. The molecule has 0 bridgehead atoms. The van der Waals surface area contributed by atoms with Gasteiger partial charge in [0.05, 0.1) is 11.9 Å². The van der Waals surface area contributed by atoms with Gasteiger partial charge in [-0.3, -0.25) is 0 Å². The summed E-state index contributed by atoms with van der Waals surface area (Å²) in [5, 5.41) is 0. The normalized spacial score (nSPS) is 11.0. The largest absolute Gasteiger partial charge is 0.338 e. The molecule has 2 heteroatoms. The molecule has 21 heavy (non-hydrogen) atoms. The van der Waals surface area contributed by atoms with E-state index in [2.05, 4.69) is 60.2 Å². The van der Waals surface area contributed by atoms with Gasteiger partial charge in [-0.1, -0.05) is 68.4 Å². The second kappa shape index (κ2) is 5.96. The molecule has 0 fully saturated rings. The summed E-state index contributed by atoms with van der Waals surface area (Å²) in [6, 6.07) is 18.8. The van der Waals surface area contributed by atoms with E-state index in [0.29, 0.717) is 5.92 Å². The molecule has 0 aliphatic carbocycles. The number of nitrogens with one attached hydrogen (secondary N) is 1. The average molecular weight is 276 g/mol. The van der Waals surface area contributed by atoms with Crippen LogP contribution in [0.5, 0.6) is 0 Å². The maximum Gasteiger partial charge on any atom is 0.137 e. The Labute approximate surface area is 125 Å². The fraction of sp³-hybridized carbons (Fsp3) is 0.211. The van der Waals surface area contributed by atoms with Gasteiger partial charge >= 0.3 is 0 Å². The molecule has 0 amide bonds. The van der Waals surface area contributed by atoms with E-state index in [1.165, 1.54) is 11.1 Å². The first-order valence-corrected chi connectivity index (χ1v) is 7.43. The SMILES string of the molecule is CC(C)Cc1ccccc1-c1cnc(-c2ccccc2)[nH]1. The highest BCUT2D eigenvalue weighted by Gasteiger charge is 2.09. The number of hydrogen-bond acceptors (Lipinski definition) is 1. The van der Waals surface area contributed by atoms with Crippen LogP contribution >= 0.6 is 0 Å². The molecule has 0 spiro atoms. The van der Waals surface area contributed by atoms with Crippen molar-refractivity contribution in [2.75, 3.05) is 0 Å². The molecule has 3 rings (SSSR count). The number of nitrogens with zero attached hydrogens (tertiary/aromatic N) is 1. The van der Waals surface area contributed by atoms with Crippen molar-refractivity contribution in [3.63, 3.8) is 0 Å². The molecular formula is C19H20N2. The molecule has 0 aliphatic heterocycles. The van der Waals surface area contributed by atoms with Gasteiger partial charge < -0.3 is 4.98 Å². The van der Waals surface area contributed by atoms with Gasteiger partial charge in [-0.25, -0.2) is 4.98 Å². The van der Waals surface area contributed by atoms with Crippen LogP contribution in [-0.4, -0.2) is 9.97 Å². The lowest BCUT2D eigenvalue weighted by Crippen LogP contribution is -1.96. The van der Waals surface area contributed by atoms with Crippen molar-refractivity contribution >= 4 is 0 Å². The number of imidazole rings is 1. The smallest absolute Gasteiger partial charge is 0.137 e. The maximum atomic E-state index is 4.53. The van der Waals surface area contributed by atoms with Crippen molar-refractivity contribution < 1.29 is 0 Å². The Bertz CT molecular complexity index is 711. The van der Waals surface area contributed by atoms with E-state index >= 15 is 0 Å². The fourth-order valence-electron chi connectivity index (χ4n) is 2.60. The monoisotopic (exact) mass is 276 g/mol. The summed E-state index contributed by atoms with van der Waals surface area (Å²) in [5.41, 5.74) is 4.83. The highest BCUT2D eigenvalue weighted by Crippen LogP contribution is 2.26. The number of aromatic amines is 1. The zero-order chi connectivity index (χ0) is 14.7. The maximum absolute atomic E-state index is 4.53. The number of aromatic nitrogens is 2. The van der Waals surface area contributed by atoms with E-state index in [4.69, 9.17) is 0 Å². The summed E-state index contributed by atoms with van der Waals surface area (Å²) in [6.45, 7) is 4.50. The Morgan fingerprint density at radius 1 is 0.952 bits per heavy atom. The van der Waals surface area contributed by atoms with Crippen LogP contribution in [0.1, 0.15) is 19.4 Å². The highest BCUT2D eigenvalue weighted by atomic mass is 14.9. The zero-order valence-electron chi connectivity index (χ0n) is 12.5. The molecular weight excluding hydrogens is 256 g/mol. The molecule has 1 N–H and O–H groups in total. The van der Waals surface area contributed by atoms with Crippen LogP contribution in [0.2, 0.25) is 0 Å². The van der Waals surface area contributed by atoms with Gasteiger partial charge in [-0.05, 0) is 17.9 Å². The molecule has 0 saturated heterocycles. The summed E-state index contributed by atoms with van der Waals surface area (Å²) < 4.78 is 0.